The maximum Gasteiger partial charge on any atom is 0.233 e. The lowest BCUT2D eigenvalue weighted by atomic mass is 9.87. The average molecular weight is 316 g/mol. The molecule has 4 heteroatoms. The number of hydrogen-bond acceptors (Lipinski definition) is 2. The van der Waals surface area contributed by atoms with Gasteiger partial charge in [-0.3, -0.25) is 9.59 Å². The van der Waals surface area contributed by atoms with E-state index in [0.717, 1.165) is 31.6 Å². The molecule has 0 unspecified atom stereocenters. The monoisotopic (exact) mass is 316 g/mol. The zero-order chi connectivity index (χ0) is 17.0. The van der Waals surface area contributed by atoms with E-state index in [1.165, 1.54) is 5.56 Å². The number of nitrogens with one attached hydrogen (secondary N) is 1. The van der Waals surface area contributed by atoms with Gasteiger partial charge < -0.3 is 10.2 Å². The van der Waals surface area contributed by atoms with E-state index in [9.17, 15) is 9.59 Å². The highest BCUT2D eigenvalue weighted by molar-refractivity contribution is 6.03. The van der Waals surface area contributed by atoms with E-state index in [0.29, 0.717) is 5.92 Å². The van der Waals surface area contributed by atoms with E-state index >= 15 is 0 Å². The number of carbonyl (C=O) groups excluding carboxylic acids is 2. The molecular formula is C19H28N2O2. The van der Waals surface area contributed by atoms with Crippen LogP contribution in [0.25, 0.3) is 0 Å². The van der Waals surface area contributed by atoms with Crippen molar-refractivity contribution in [1.82, 2.24) is 4.90 Å². The van der Waals surface area contributed by atoms with Crippen LogP contribution < -0.4 is 5.32 Å². The molecule has 0 aromatic heterocycles. The summed E-state index contributed by atoms with van der Waals surface area (Å²) >= 11 is 0. The van der Waals surface area contributed by atoms with Gasteiger partial charge in [-0.25, -0.2) is 0 Å². The largest absolute Gasteiger partial charge is 0.342 e. The first-order valence-corrected chi connectivity index (χ1v) is 8.44. The van der Waals surface area contributed by atoms with Gasteiger partial charge >= 0.3 is 0 Å². The SMILES string of the molecule is CC1CCN(C(=O)CC(=O)Nc2ccc(C(C)(C)C)cc2)CC1. The quantitative estimate of drug-likeness (QED) is 0.867. The van der Waals surface area contributed by atoms with Crippen molar-refractivity contribution in [2.45, 2.75) is 52.4 Å². The van der Waals surface area contributed by atoms with Gasteiger partial charge in [0.15, 0.2) is 0 Å². The van der Waals surface area contributed by atoms with Crippen molar-refractivity contribution >= 4 is 17.5 Å². The Bertz CT molecular complexity index is 550. The molecule has 4 nitrogen and oxygen atoms in total. The normalized spacial score (nSPS) is 16.3. The van der Waals surface area contributed by atoms with Crippen molar-refractivity contribution in [1.29, 1.82) is 0 Å². The minimum atomic E-state index is -0.239. The molecule has 126 valence electrons. The summed E-state index contributed by atoms with van der Waals surface area (Å²) in [6.45, 7) is 10.2. The summed E-state index contributed by atoms with van der Waals surface area (Å²) in [5.41, 5.74) is 2.04. The van der Waals surface area contributed by atoms with Gasteiger partial charge in [0.05, 0.1) is 0 Å². The minimum absolute atomic E-state index is 0.0688. The van der Waals surface area contributed by atoms with Crippen molar-refractivity contribution in [2.24, 2.45) is 5.92 Å². The number of rotatable bonds is 3. The third kappa shape index (κ3) is 5.08. The van der Waals surface area contributed by atoms with Gasteiger partial charge in [0.25, 0.3) is 0 Å². The number of nitrogens with zero attached hydrogens (tertiary/aromatic N) is 1. The molecule has 1 fully saturated rings. The van der Waals surface area contributed by atoms with Crippen LogP contribution in [0.3, 0.4) is 0 Å². The Morgan fingerprint density at radius 1 is 1.13 bits per heavy atom. The van der Waals surface area contributed by atoms with Crippen LogP contribution in [-0.4, -0.2) is 29.8 Å². The number of benzene rings is 1. The number of anilines is 1. The first kappa shape index (κ1) is 17.5. The maximum absolute atomic E-state index is 12.2. The summed E-state index contributed by atoms with van der Waals surface area (Å²) in [6, 6.07) is 7.82. The van der Waals surface area contributed by atoms with Gasteiger partial charge in [-0.2, -0.15) is 0 Å². The maximum atomic E-state index is 12.2. The van der Waals surface area contributed by atoms with E-state index < -0.39 is 0 Å². The Kier molecular flexibility index (Phi) is 5.45. The predicted molar refractivity (Wildman–Crippen MR) is 93.4 cm³/mol. The summed E-state index contributed by atoms with van der Waals surface area (Å²) in [5.74, 6) is 0.368. The molecule has 1 saturated heterocycles. The molecule has 1 heterocycles. The van der Waals surface area contributed by atoms with Crippen LogP contribution in [0, 0.1) is 5.92 Å². The highest BCUT2D eigenvalue weighted by Crippen LogP contribution is 2.23. The summed E-state index contributed by atoms with van der Waals surface area (Å²) in [6.07, 6.45) is 1.98. The molecule has 1 aromatic rings. The van der Waals surface area contributed by atoms with Crippen molar-refractivity contribution in [3.63, 3.8) is 0 Å². The summed E-state index contributed by atoms with van der Waals surface area (Å²) in [4.78, 5) is 26.0. The van der Waals surface area contributed by atoms with E-state index in [1.54, 1.807) is 0 Å². The lowest BCUT2D eigenvalue weighted by Crippen LogP contribution is -2.39. The molecule has 2 rings (SSSR count). The molecule has 1 aliphatic heterocycles. The number of hydrogen-bond donors (Lipinski definition) is 1. The molecular weight excluding hydrogens is 288 g/mol. The number of likely N-dealkylation sites (tertiary alicyclic amines) is 1. The zero-order valence-corrected chi connectivity index (χ0v) is 14.7. The summed E-state index contributed by atoms with van der Waals surface area (Å²) in [7, 11) is 0. The van der Waals surface area contributed by atoms with Crippen LogP contribution in [0.15, 0.2) is 24.3 Å². The van der Waals surface area contributed by atoms with E-state index in [-0.39, 0.29) is 23.7 Å². The standard InChI is InChI=1S/C19H28N2O2/c1-14-9-11-21(12-10-14)18(23)13-17(22)20-16-7-5-15(6-8-16)19(2,3)4/h5-8,14H,9-13H2,1-4H3,(H,20,22). The molecule has 0 aliphatic carbocycles. The smallest absolute Gasteiger partial charge is 0.233 e. The second-order valence-corrected chi connectivity index (χ2v) is 7.62. The van der Waals surface area contributed by atoms with Gasteiger partial charge in [-0.15, -0.1) is 0 Å². The Hall–Kier alpha value is -1.84. The second kappa shape index (κ2) is 7.16. The summed E-state index contributed by atoms with van der Waals surface area (Å²) < 4.78 is 0. The van der Waals surface area contributed by atoms with Crippen LogP contribution in [0.5, 0.6) is 0 Å². The molecule has 0 radical (unpaired) electrons. The fourth-order valence-corrected chi connectivity index (χ4v) is 2.77. The lowest BCUT2D eigenvalue weighted by Gasteiger charge is -2.30. The van der Waals surface area contributed by atoms with Crippen LogP contribution >= 0.6 is 0 Å². The Labute approximate surface area is 139 Å². The third-order valence-electron chi connectivity index (χ3n) is 4.48. The molecule has 2 amide bonds. The van der Waals surface area contributed by atoms with Gasteiger partial charge in [0, 0.05) is 18.8 Å². The molecule has 23 heavy (non-hydrogen) atoms. The van der Waals surface area contributed by atoms with Crippen molar-refractivity contribution in [3.8, 4) is 0 Å². The molecule has 0 saturated carbocycles. The second-order valence-electron chi connectivity index (χ2n) is 7.62. The molecule has 0 atom stereocenters. The molecule has 1 aliphatic rings. The van der Waals surface area contributed by atoms with E-state index in [1.807, 2.05) is 29.2 Å². The zero-order valence-electron chi connectivity index (χ0n) is 14.7. The molecule has 1 aromatic carbocycles. The molecule has 1 N–H and O–H groups in total. The fourth-order valence-electron chi connectivity index (χ4n) is 2.77. The van der Waals surface area contributed by atoms with E-state index in [2.05, 4.69) is 33.0 Å². The number of carbonyl (C=O) groups is 2. The van der Waals surface area contributed by atoms with Gasteiger partial charge in [-0.05, 0) is 41.9 Å². The first-order chi connectivity index (χ1) is 10.8. The van der Waals surface area contributed by atoms with Crippen LogP contribution in [-0.2, 0) is 15.0 Å². The first-order valence-electron chi connectivity index (χ1n) is 8.44. The Balaban J connectivity index is 1.86. The van der Waals surface area contributed by atoms with Crippen LogP contribution in [0.1, 0.15) is 52.5 Å². The third-order valence-corrected chi connectivity index (χ3v) is 4.48. The summed E-state index contributed by atoms with van der Waals surface area (Å²) in [5, 5.41) is 2.81. The van der Waals surface area contributed by atoms with Crippen molar-refractivity contribution in [2.75, 3.05) is 18.4 Å². The molecule has 0 bridgehead atoms. The number of piperidine rings is 1. The van der Waals surface area contributed by atoms with Crippen LogP contribution in [0.4, 0.5) is 5.69 Å². The van der Waals surface area contributed by atoms with Gasteiger partial charge in [0.1, 0.15) is 6.42 Å². The minimum Gasteiger partial charge on any atom is -0.342 e. The van der Waals surface area contributed by atoms with Gasteiger partial charge in [0.2, 0.25) is 11.8 Å². The van der Waals surface area contributed by atoms with Gasteiger partial charge in [-0.1, -0.05) is 39.8 Å². The van der Waals surface area contributed by atoms with Crippen molar-refractivity contribution < 1.29 is 9.59 Å². The fraction of sp³-hybridized carbons (Fsp3) is 0.579. The highest BCUT2D eigenvalue weighted by Gasteiger charge is 2.22. The predicted octanol–water partition coefficient (Wildman–Crippen LogP) is 3.57. The van der Waals surface area contributed by atoms with Crippen molar-refractivity contribution in [3.05, 3.63) is 29.8 Å². The Morgan fingerprint density at radius 3 is 2.22 bits per heavy atom. The topological polar surface area (TPSA) is 49.4 Å². The van der Waals surface area contributed by atoms with Crippen LogP contribution in [0.2, 0.25) is 0 Å². The number of amides is 2. The molecule has 0 spiro atoms. The Morgan fingerprint density at radius 2 is 1.70 bits per heavy atom. The average Bonchev–Trinajstić information content (AvgIpc) is 2.47. The highest BCUT2D eigenvalue weighted by atomic mass is 16.2. The van der Waals surface area contributed by atoms with E-state index in [4.69, 9.17) is 0 Å². The lowest BCUT2D eigenvalue weighted by molar-refractivity contribution is -0.135.